The number of nitrogens with one attached hydrogen (secondary N) is 1. The van der Waals surface area contributed by atoms with Gasteiger partial charge >= 0.3 is 0 Å². The van der Waals surface area contributed by atoms with E-state index in [4.69, 9.17) is 0 Å². The van der Waals surface area contributed by atoms with Gasteiger partial charge in [-0.3, -0.25) is 9.59 Å². The lowest BCUT2D eigenvalue weighted by Gasteiger charge is -2.13. The molecule has 1 aliphatic rings. The third kappa shape index (κ3) is 4.41. The number of benzene rings is 2. The number of amides is 2. The number of anilines is 1. The molecule has 1 N–H and O–H groups in total. The molecule has 0 radical (unpaired) electrons. The SMILES string of the molecule is Cc1ccc(NC(=O)CC2SC(C(C)c3ccc(C)cc3)=NC2=O)cc1. The van der Waals surface area contributed by atoms with E-state index in [1.807, 2.05) is 45.0 Å². The molecule has 4 nitrogen and oxygen atoms in total. The molecule has 0 aromatic heterocycles. The number of aliphatic imine (C=N–C) groups is 1. The van der Waals surface area contributed by atoms with Crippen LogP contribution in [0.15, 0.2) is 53.5 Å². The molecule has 2 unspecified atom stereocenters. The molecule has 0 spiro atoms. The monoisotopic (exact) mass is 366 g/mol. The molecule has 1 heterocycles. The Balaban J connectivity index is 1.59. The summed E-state index contributed by atoms with van der Waals surface area (Å²) >= 11 is 1.41. The van der Waals surface area contributed by atoms with Crippen LogP contribution < -0.4 is 5.32 Å². The van der Waals surface area contributed by atoms with Gasteiger partial charge in [0.25, 0.3) is 5.91 Å². The van der Waals surface area contributed by atoms with Gasteiger partial charge in [0.05, 0.1) is 5.04 Å². The van der Waals surface area contributed by atoms with Crippen molar-refractivity contribution in [2.45, 2.75) is 38.4 Å². The van der Waals surface area contributed by atoms with Crippen LogP contribution in [-0.4, -0.2) is 22.1 Å². The summed E-state index contributed by atoms with van der Waals surface area (Å²) in [7, 11) is 0. The van der Waals surface area contributed by atoms with Crippen molar-refractivity contribution in [2.24, 2.45) is 4.99 Å². The zero-order chi connectivity index (χ0) is 18.7. The Morgan fingerprint density at radius 3 is 2.27 bits per heavy atom. The molecule has 0 aliphatic carbocycles. The quantitative estimate of drug-likeness (QED) is 0.849. The van der Waals surface area contributed by atoms with Crippen LogP contribution in [0.4, 0.5) is 5.69 Å². The minimum absolute atomic E-state index is 0.0507. The van der Waals surface area contributed by atoms with E-state index < -0.39 is 5.25 Å². The van der Waals surface area contributed by atoms with E-state index in [1.54, 1.807) is 0 Å². The van der Waals surface area contributed by atoms with Crippen molar-refractivity contribution in [3.05, 3.63) is 65.2 Å². The number of hydrogen-bond donors (Lipinski definition) is 1. The number of carbonyl (C=O) groups is 2. The molecule has 0 fully saturated rings. The lowest BCUT2D eigenvalue weighted by Crippen LogP contribution is -2.21. The van der Waals surface area contributed by atoms with Crippen LogP contribution in [0, 0.1) is 13.8 Å². The highest BCUT2D eigenvalue weighted by atomic mass is 32.2. The number of aryl methyl sites for hydroxylation is 2. The maximum absolute atomic E-state index is 12.3. The second-order valence-corrected chi connectivity index (χ2v) is 7.87. The second kappa shape index (κ2) is 7.87. The van der Waals surface area contributed by atoms with Crippen molar-refractivity contribution < 1.29 is 9.59 Å². The number of rotatable bonds is 5. The van der Waals surface area contributed by atoms with Crippen molar-refractivity contribution in [3.8, 4) is 0 Å². The summed E-state index contributed by atoms with van der Waals surface area (Å²) in [6, 6.07) is 15.8. The van der Waals surface area contributed by atoms with Crippen LogP contribution in [0.5, 0.6) is 0 Å². The van der Waals surface area contributed by atoms with Crippen LogP contribution in [0.25, 0.3) is 0 Å². The summed E-state index contributed by atoms with van der Waals surface area (Å²) in [4.78, 5) is 28.7. The minimum Gasteiger partial charge on any atom is -0.326 e. The van der Waals surface area contributed by atoms with E-state index in [0.29, 0.717) is 0 Å². The van der Waals surface area contributed by atoms with Crippen molar-refractivity contribution in [2.75, 3.05) is 5.32 Å². The zero-order valence-corrected chi connectivity index (χ0v) is 16.0. The molecule has 26 heavy (non-hydrogen) atoms. The number of thioether (sulfide) groups is 1. The van der Waals surface area contributed by atoms with Crippen molar-refractivity contribution in [3.63, 3.8) is 0 Å². The molecule has 2 amide bonds. The number of nitrogens with zero attached hydrogens (tertiary/aromatic N) is 1. The lowest BCUT2D eigenvalue weighted by atomic mass is 10.0. The first-order valence-corrected chi connectivity index (χ1v) is 9.52. The van der Waals surface area contributed by atoms with Crippen LogP contribution in [0.3, 0.4) is 0 Å². The Morgan fingerprint density at radius 1 is 1.08 bits per heavy atom. The van der Waals surface area contributed by atoms with Crippen LogP contribution in [0.1, 0.15) is 36.0 Å². The third-order valence-corrected chi connectivity index (χ3v) is 5.75. The van der Waals surface area contributed by atoms with Crippen molar-refractivity contribution in [1.82, 2.24) is 0 Å². The van der Waals surface area contributed by atoms with Gasteiger partial charge in [0.1, 0.15) is 5.25 Å². The van der Waals surface area contributed by atoms with Gasteiger partial charge in [-0.1, -0.05) is 66.2 Å². The molecule has 2 aromatic carbocycles. The van der Waals surface area contributed by atoms with E-state index in [9.17, 15) is 9.59 Å². The fourth-order valence-corrected chi connectivity index (χ4v) is 3.91. The fourth-order valence-electron chi connectivity index (χ4n) is 2.75. The van der Waals surface area contributed by atoms with E-state index in [2.05, 4.69) is 34.6 Å². The molecular formula is C21H22N2O2S. The topological polar surface area (TPSA) is 58.5 Å². The lowest BCUT2D eigenvalue weighted by molar-refractivity contribution is -0.121. The molecule has 1 aliphatic heterocycles. The number of carbonyl (C=O) groups excluding carboxylic acids is 2. The summed E-state index contributed by atoms with van der Waals surface area (Å²) < 4.78 is 0. The largest absolute Gasteiger partial charge is 0.326 e. The van der Waals surface area contributed by atoms with Gasteiger partial charge in [0, 0.05) is 18.0 Å². The summed E-state index contributed by atoms with van der Waals surface area (Å²) in [5, 5.41) is 3.19. The van der Waals surface area contributed by atoms with E-state index in [1.165, 1.54) is 17.3 Å². The van der Waals surface area contributed by atoms with E-state index in [0.717, 1.165) is 21.9 Å². The Hall–Kier alpha value is -2.40. The van der Waals surface area contributed by atoms with Crippen LogP contribution >= 0.6 is 11.8 Å². The molecule has 0 saturated heterocycles. The maximum Gasteiger partial charge on any atom is 0.260 e. The van der Waals surface area contributed by atoms with Gasteiger partial charge in [0.15, 0.2) is 0 Å². The first-order valence-electron chi connectivity index (χ1n) is 8.64. The molecule has 0 saturated carbocycles. The maximum atomic E-state index is 12.3. The Labute approximate surface area is 158 Å². The first-order chi connectivity index (χ1) is 12.4. The van der Waals surface area contributed by atoms with Crippen LogP contribution in [0.2, 0.25) is 0 Å². The summed E-state index contributed by atoms with van der Waals surface area (Å²) in [5.74, 6) is -0.336. The Morgan fingerprint density at radius 2 is 1.65 bits per heavy atom. The predicted molar refractivity (Wildman–Crippen MR) is 108 cm³/mol. The molecule has 3 rings (SSSR count). The van der Waals surface area contributed by atoms with Gasteiger partial charge < -0.3 is 5.32 Å². The Bertz CT molecular complexity index is 841. The average molecular weight is 366 g/mol. The van der Waals surface area contributed by atoms with Crippen molar-refractivity contribution in [1.29, 1.82) is 0 Å². The van der Waals surface area contributed by atoms with E-state index in [-0.39, 0.29) is 24.2 Å². The predicted octanol–water partition coefficient (Wildman–Crippen LogP) is 4.48. The standard InChI is InChI=1S/C21H22N2O2S/c1-13-4-8-16(9-5-13)15(3)21-23-20(25)18(26-21)12-19(24)22-17-10-6-14(2)7-11-17/h4-11,15,18H,12H2,1-3H3,(H,22,24). The smallest absolute Gasteiger partial charge is 0.260 e. The van der Waals surface area contributed by atoms with Gasteiger partial charge in [0.2, 0.25) is 5.91 Å². The molecule has 0 bridgehead atoms. The Kier molecular flexibility index (Phi) is 5.57. The highest BCUT2D eigenvalue weighted by Crippen LogP contribution is 2.33. The molecule has 2 atom stereocenters. The molecule has 2 aromatic rings. The summed E-state index contributed by atoms with van der Waals surface area (Å²) in [6.45, 7) is 6.08. The first kappa shape index (κ1) is 18.4. The number of hydrogen-bond acceptors (Lipinski definition) is 3. The molecule has 134 valence electrons. The van der Waals surface area contributed by atoms with Gasteiger partial charge in [-0.05, 0) is 31.5 Å². The van der Waals surface area contributed by atoms with Gasteiger partial charge in [-0.15, -0.1) is 0 Å². The summed E-state index contributed by atoms with van der Waals surface area (Å²) in [5.41, 5.74) is 4.20. The minimum atomic E-state index is -0.441. The van der Waals surface area contributed by atoms with Gasteiger partial charge in [-0.2, -0.15) is 0 Å². The summed E-state index contributed by atoms with van der Waals surface area (Å²) in [6.07, 6.45) is 0.130. The fraction of sp³-hybridized carbons (Fsp3) is 0.286. The average Bonchev–Trinajstić information content (AvgIpc) is 2.97. The van der Waals surface area contributed by atoms with Gasteiger partial charge in [-0.25, -0.2) is 4.99 Å². The zero-order valence-electron chi connectivity index (χ0n) is 15.2. The highest BCUT2D eigenvalue weighted by Gasteiger charge is 2.33. The highest BCUT2D eigenvalue weighted by molar-refractivity contribution is 8.15. The van der Waals surface area contributed by atoms with Crippen LogP contribution in [-0.2, 0) is 9.59 Å². The molecular weight excluding hydrogens is 344 g/mol. The normalized spacial score (nSPS) is 17.7. The van der Waals surface area contributed by atoms with E-state index >= 15 is 0 Å². The van der Waals surface area contributed by atoms with Crippen molar-refractivity contribution >= 4 is 34.3 Å². The second-order valence-electron chi connectivity index (χ2n) is 6.65. The molecule has 5 heteroatoms. The third-order valence-electron chi connectivity index (χ3n) is 4.41.